The highest BCUT2D eigenvalue weighted by molar-refractivity contribution is 5.50. The number of rotatable bonds is 16. The predicted molar refractivity (Wildman–Crippen MR) is 96.9 cm³/mol. The molecule has 0 saturated carbocycles. The lowest BCUT2D eigenvalue weighted by Crippen LogP contribution is -2.02. The molecule has 0 aliphatic heterocycles. The largest absolute Gasteiger partial charge is 0.291 e. The van der Waals surface area contributed by atoms with Gasteiger partial charge in [0.1, 0.15) is 0 Å². The van der Waals surface area contributed by atoms with Crippen LogP contribution in [0, 0.1) is 20.2 Å². The summed E-state index contributed by atoms with van der Waals surface area (Å²) in [6.07, 6.45) is 13.3. The van der Waals surface area contributed by atoms with Crippen molar-refractivity contribution in [1.82, 2.24) is 0 Å². The molecule has 7 nitrogen and oxygen atoms in total. The van der Waals surface area contributed by atoms with Crippen molar-refractivity contribution in [2.24, 2.45) is 0 Å². The van der Waals surface area contributed by atoms with Gasteiger partial charge in [-0.05, 0) is 37.8 Å². The van der Waals surface area contributed by atoms with Crippen LogP contribution >= 0.6 is 0 Å². The summed E-state index contributed by atoms with van der Waals surface area (Å²) in [7, 11) is 0. The highest BCUT2D eigenvalue weighted by Gasteiger charge is 2.14. The van der Waals surface area contributed by atoms with Gasteiger partial charge < -0.3 is 0 Å². The zero-order chi connectivity index (χ0) is 18.9. The Balaban J connectivity index is 4.40. The first-order valence-electron chi connectivity index (χ1n) is 9.04. The second kappa shape index (κ2) is 15.5. The van der Waals surface area contributed by atoms with Crippen molar-refractivity contribution in [2.45, 2.75) is 84.0 Å². The van der Waals surface area contributed by atoms with Crippen molar-refractivity contribution in [3.8, 4) is 0 Å². The summed E-state index contributed by atoms with van der Waals surface area (Å²) in [5.41, 5.74) is 0.0723. The van der Waals surface area contributed by atoms with Crippen LogP contribution in [0.5, 0.6) is 0 Å². The summed E-state index contributed by atoms with van der Waals surface area (Å²) in [4.78, 5) is 31.3. The van der Waals surface area contributed by atoms with Crippen LogP contribution in [0.15, 0.2) is 23.5 Å². The average molecular weight is 353 g/mol. The standard InChI is InChI=1S/C18H29N2O5/c1-2-3-4-9-12-17(19(22)23)14-15-18(20(24)25)13-10-7-5-6-8-11-16-21/h12,15H,2-11,13-14H2,1H3/b17-12+,18-15+. The average Bonchev–Trinajstić information content (AvgIpc) is 2.57. The Kier molecular flexibility index (Phi) is 14.2. The molecule has 1 radical (unpaired) electrons. The first-order chi connectivity index (χ1) is 12.0. The normalized spacial score (nSPS) is 12.2. The Bertz CT molecular complexity index is 472. The number of hydrogen-bond acceptors (Lipinski definition) is 5. The number of unbranched alkanes of at least 4 members (excludes halogenated alkanes) is 8. The molecule has 0 aliphatic rings. The van der Waals surface area contributed by atoms with Gasteiger partial charge >= 0.3 is 0 Å². The molecule has 0 aromatic carbocycles. The van der Waals surface area contributed by atoms with E-state index in [-0.39, 0.29) is 17.8 Å². The second-order valence-corrected chi connectivity index (χ2v) is 6.02. The van der Waals surface area contributed by atoms with Gasteiger partial charge in [0.15, 0.2) is 6.29 Å². The van der Waals surface area contributed by atoms with Crippen molar-refractivity contribution in [3.05, 3.63) is 43.8 Å². The Labute approximate surface area is 149 Å². The molecule has 0 unspecified atom stereocenters. The maximum absolute atomic E-state index is 11.1. The summed E-state index contributed by atoms with van der Waals surface area (Å²) in [5.74, 6) is 0. The zero-order valence-electron chi connectivity index (χ0n) is 15.1. The molecule has 0 aliphatic carbocycles. The van der Waals surface area contributed by atoms with Gasteiger partial charge in [-0.3, -0.25) is 25.0 Å². The molecule has 0 fully saturated rings. The van der Waals surface area contributed by atoms with E-state index in [1.54, 1.807) is 6.08 Å². The number of hydrogen-bond donors (Lipinski definition) is 0. The van der Waals surface area contributed by atoms with Crippen LogP contribution in [-0.4, -0.2) is 16.1 Å². The molecule has 0 atom stereocenters. The van der Waals surface area contributed by atoms with Gasteiger partial charge in [-0.2, -0.15) is 0 Å². The van der Waals surface area contributed by atoms with E-state index in [0.29, 0.717) is 25.7 Å². The molecule has 0 aromatic heterocycles. The second-order valence-electron chi connectivity index (χ2n) is 6.02. The van der Waals surface area contributed by atoms with Gasteiger partial charge in [0.25, 0.3) is 0 Å². The first kappa shape index (κ1) is 22.9. The van der Waals surface area contributed by atoms with Crippen molar-refractivity contribution in [2.75, 3.05) is 0 Å². The first-order valence-corrected chi connectivity index (χ1v) is 9.04. The molecule has 0 amide bonds. The summed E-state index contributed by atoms with van der Waals surface area (Å²) >= 11 is 0. The maximum Gasteiger partial charge on any atom is 0.246 e. The Morgan fingerprint density at radius 1 is 0.880 bits per heavy atom. The molecule has 0 bridgehead atoms. The van der Waals surface area contributed by atoms with E-state index in [4.69, 9.17) is 0 Å². The number of nitro groups is 2. The lowest BCUT2D eigenvalue weighted by Gasteiger charge is -2.01. The topological polar surface area (TPSA) is 103 Å². The third kappa shape index (κ3) is 13.0. The Morgan fingerprint density at radius 2 is 1.52 bits per heavy atom. The van der Waals surface area contributed by atoms with Gasteiger partial charge in [-0.1, -0.05) is 39.0 Å². The predicted octanol–water partition coefficient (Wildman–Crippen LogP) is 5.12. The fourth-order valence-electron chi connectivity index (χ4n) is 2.42. The summed E-state index contributed by atoms with van der Waals surface area (Å²) < 4.78 is 0. The van der Waals surface area contributed by atoms with E-state index in [0.717, 1.165) is 44.9 Å². The Morgan fingerprint density at radius 3 is 2.12 bits per heavy atom. The summed E-state index contributed by atoms with van der Waals surface area (Å²) in [6.45, 7) is 2.06. The number of allylic oxidation sites excluding steroid dienone is 3. The van der Waals surface area contributed by atoms with Crippen LogP contribution < -0.4 is 0 Å². The minimum Gasteiger partial charge on any atom is -0.291 e. The third-order valence-electron chi connectivity index (χ3n) is 3.92. The monoisotopic (exact) mass is 353 g/mol. The highest BCUT2D eigenvalue weighted by Crippen LogP contribution is 2.15. The minimum atomic E-state index is -0.454. The van der Waals surface area contributed by atoms with Gasteiger partial charge in [0, 0.05) is 12.8 Å². The number of nitrogens with zero attached hydrogens (tertiary/aromatic N) is 2. The molecule has 0 N–H and O–H groups in total. The fraction of sp³-hybridized carbons (Fsp3) is 0.722. The molecular formula is C18H29N2O5. The van der Waals surface area contributed by atoms with Gasteiger partial charge in [-0.15, -0.1) is 0 Å². The highest BCUT2D eigenvalue weighted by atomic mass is 16.6. The Hall–Kier alpha value is -2.05. The number of carbonyl (C=O) groups excluding carboxylic acids is 1. The van der Waals surface area contributed by atoms with Crippen molar-refractivity contribution >= 4 is 6.29 Å². The van der Waals surface area contributed by atoms with Gasteiger partial charge in [0.05, 0.1) is 16.3 Å². The molecule has 0 aromatic rings. The summed E-state index contributed by atoms with van der Waals surface area (Å²) in [6, 6.07) is 0. The summed E-state index contributed by atoms with van der Waals surface area (Å²) in [5, 5.41) is 22.1. The van der Waals surface area contributed by atoms with Gasteiger partial charge in [0.2, 0.25) is 11.4 Å². The van der Waals surface area contributed by atoms with Crippen LogP contribution in [-0.2, 0) is 4.79 Å². The van der Waals surface area contributed by atoms with Crippen LogP contribution in [0.3, 0.4) is 0 Å². The lowest BCUT2D eigenvalue weighted by molar-refractivity contribution is -0.432. The molecule has 0 spiro atoms. The molecule has 0 rings (SSSR count). The lowest BCUT2D eigenvalue weighted by atomic mass is 10.1. The molecule has 7 heteroatoms. The van der Waals surface area contributed by atoms with Crippen LogP contribution in [0.4, 0.5) is 0 Å². The maximum atomic E-state index is 11.1. The third-order valence-corrected chi connectivity index (χ3v) is 3.92. The SMILES string of the molecule is CCCCC/C=C(\C/C=C(\CCCCCCC[C]=O)[N+](=O)[O-])[N+](=O)[O-]. The smallest absolute Gasteiger partial charge is 0.246 e. The molecule has 141 valence electrons. The fourth-order valence-corrected chi connectivity index (χ4v) is 2.42. The van der Waals surface area contributed by atoms with Crippen LogP contribution in [0.1, 0.15) is 84.0 Å². The van der Waals surface area contributed by atoms with E-state index in [9.17, 15) is 25.0 Å². The van der Waals surface area contributed by atoms with E-state index >= 15 is 0 Å². The van der Waals surface area contributed by atoms with Crippen molar-refractivity contribution < 1.29 is 14.6 Å². The van der Waals surface area contributed by atoms with E-state index < -0.39 is 9.85 Å². The molecule has 0 saturated heterocycles. The molecular weight excluding hydrogens is 324 g/mol. The molecule has 25 heavy (non-hydrogen) atoms. The quantitative estimate of drug-likeness (QED) is 0.218. The minimum absolute atomic E-state index is 0.00932. The van der Waals surface area contributed by atoms with Crippen molar-refractivity contribution in [3.63, 3.8) is 0 Å². The zero-order valence-corrected chi connectivity index (χ0v) is 15.1. The van der Waals surface area contributed by atoms with E-state index in [2.05, 4.69) is 6.92 Å². The van der Waals surface area contributed by atoms with Gasteiger partial charge in [-0.25, -0.2) is 0 Å². The van der Waals surface area contributed by atoms with E-state index in [1.807, 2.05) is 6.29 Å². The van der Waals surface area contributed by atoms with E-state index in [1.165, 1.54) is 6.08 Å². The van der Waals surface area contributed by atoms with Crippen LogP contribution in [0.25, 0.3) is 0 Å². The van der Waals surface area contributed by atoms with Crippen molar-refractivity contribution in [1.29, 1.82) is 0 Å². The van der Waals surface area contributed by atoms with Crippen LogP contribution in [0.2, 0.25) is 0 Å². The molecule has 0 heterocycles.